The number of guanidine groups is 1. The lowest BCUT2D eigenvalue weighted by Crippen LogP contribution is -2.38. The Bertz CT molecular complexity index is 746. The summed E-state index contributed by atoms with van der Waals surface area (Å²) in [4.78, 5) is 20.5. The number of rotatable bonds is 7. The third kappa shape index (κ3) is 6.88. The SMILES string of the molecule is CCNC(=NCc1cccc(F)c1)NCCC(=O)Nc1ccc(C)cn1. The number of nitrogens with zero attached hydrogens (tertiary/aromatic N) is 2. The first-order valence-corrected chi connectivity index (χ1v) is 8.56. The zero-order valence-corrected chi connectivity index (χ0v) is 15.1. The van der Waals surface area contributed by atoms with Crippen molar-refractivity contribution < 1.29 is 9.18 Å². The third-order valence-corrected chi connectivity index (χ3v) is 3.48. The highest BCUT2D eigenvalue weighted by Gasteiger charge is 2.04. The van der Waals surface area contributed by atoms with Crippen molar-refractivity contribution >= 4 is 17.7 Å². The summed E-state index contributed by atoms with van der Waals surface area (Å²) in [5.41, 5.74) is 1.82. The molecule has 138 valence electrons. The van der Waals surface area contributed by atoms with Crippen LogP contribution in [0.2, 0.25) is 0 Å². The van der Waals surface area contributed by atoms with E-state index in [1.807, 2.05) is 26.0 Å². The molecular weight excluding hydrogens is 333 g/mol. The van der Waals surface area contributed by atoms with Crippen molar-refractivity contribution in [2.24, 2.45) is 4.99 Å². The van der Waals surface area contributed by atoms with Gasteiger partial charge in [0.2, 0.25) is 5.91 Å². The number of amides is 1. The van der Waals surface area contributed by atoms with Crippen LogP contribution in [0, 0.1) is 12.7 Å². The fourth-order valence-electron chi connectivity index (χ4n) is 2.19. The number of carbonyl (C=O) groups is 1. The van der Waals surface area contributed by atoms with Gasteiger partial charge in [0.15, 0.2) is 5.96 Å². The first kappa shape index (κ1) is 19.4. The summed E-state index contributed by atoms with van der Waals surface area (Å²) < 4.78 is 13.2. The number of hydrogen-bond acceptors (Lipinski definition) is 3. The summed E-state index contributed by atoms with van der Waals surface area (Å²) in [6, 6.07) is 9.99. The molecule has 0 spiro atoms. The molecule has 6 nitrogen and oxygen atoms in total. The molecule has 7 heteroatoms. The Labute approximate surface area is 152 Å². The van der Waals surface area contributed by atoms with Crippen molar-refractivity contribution in [2.45, 2.75) is 26.8 Å². The van der Waals surface area contributed by atoms with Crippen molar-refractivity contribution in [3.8, 4) is 0 Å². The van der Waals surface area contributed by atoms with Gasteiger partial charge in [0.1, 0.15) is 11.6 Å². The molecule has 3 N–H and O–H groups in total. The van der Waals surface area contributed by atoms with Crippen LogP contribution in [0.3, 0.4) is 0 Å². The van der Waals surface area contributed by atoms with Crippen LogP contribution in [0.5, 0.6) is 0 Å². The molecule has 26 heavy (non-hydrogen) atoms. The zero-order chi connectivity index (χ0) is 18.8. The van der Waals surface area contributed by atoms with E-state index in [1.54, 1.807) is 18.3 Å². The summed E-state index contributed by atoms with van der Waals surface area (Å²) in [7, 11) is 0. The maximum absolute atomic E-state index is 13.2. The van der Waals surface area contributed by atoms with Crippen molar-refractivity contribution in [1.29, 1.82) is 0 Å². The Kier molecular flexibility index (Phi) is 7.54. The number of pyridine rings is 1. The number of halogens is 1. The molecule has 0 aliphatic carbocycles. The topological polar surface area (TPSA) is 78.4 Å². The predicted molar refractivity (Wildman–Crippen MR) is 101 cm³/mol. The smallest absolute Gasteiger partial charge is 0.227 e. The van der Waals surface area contributed by atoms with Crippen LogP contribution >= 0.6 is 0 Å². The summed E-state index contributed by atoms with van der Waals surface area (Å²) >= 11 is 0. The van der Waals surface area contributed by atoms with E-state index in [0.29, 0.717) is 31.4 Å². The molecule has 0 aliphatic heterocycles. The Morgan fingerprint density at radius 2 is 2.08 bits per heavy atom. The Balaban J connectivity index is 1.80. The molecule has 0 atom stereocenters. The number of benzene rings is 1. The van der Waals surface area contributed by atoms with Crippen molar-refractivity contribution in [3.63, 3.8) is 0 Å². The van der Waals surface area contributed by atoms with Crippen LogP contribution in [0.4, 0.5) is 10.2 Å². The molecular formula is C19H24FN5O. The van der Waals surface area contributed by atoms with Crippen molar-refractivity contribution in [3.05, 3.63) is 59.5 Å². The van der Waals surface area contributed by atoms with Gasteiger partial charge >= 0.3 is 0 Å². The number of anilines is 1. The summed E-state index contributed by atoms with van der Waals surface area (Å²) in [6.07, 6.45) is 1.98. The monoisotopic (exact) mass is 357 g/mol. The van der Waals surface area contributed by atoms with Crippen LogP contribution in [0.15, 0.2) is 47.6 Å². The van der Waals surface area contributed by atoms with Crippen LogP contribution in [0.25, 0.3) is 0 Å². The summed E-state index contributed by atoms with van der Waals surface area (Å²) in [5, 5.41) is 8.94. The fraction of sp³-hybridized carbons (Fsp3) is 0.316. The molecule has 0 aliphatic rings. The molecule has 0 saturated carbocycles. The zero-order valence-electron chi connectivity index (χ0n) is 15.1. The highest BCUT2D eigenvalue weighted by molar-refractivity contribution is 5.90. The second-order valence-electron chi connectivity index (χ2n) is 5.77. The van der Waals surface area contributed by atoms with Gasteiger partial charge in [-0.15, -0.1) is 0 Å². The van der Waals surface area contributed by atoms with Crippen LogP contribution in [0.1, 0.15) is 24.5 Å². The molecule has 2 rings (SSSR count). The first-order valence-electron chi connectivity index (χ1n) is 8.56. The van der Waals surface area contributed by atoms with Gasteiger partial charge in [-0.3, -0.25) is 4.79 Å². The standard InChI is InChI=1S/C19H24FN5O/c1-3-21-19(24-13-15-5-4-6-16(20)11-15)22-10-9-18(26)25-17-8-7-14(2)12-23-17/h4-8,11-12H,3,9-10,13H2,1-2H3,(H2,21,22,24)(H,23,25,26). The van der Waals surface area contributed by atoms with Crippen molar-refractivity contribution in [1.82, 2.24) is 15.6 Å². The molecule has 0 saturated heterocycles. The molecule has 1 aromatic carbocycles. The number of hydrogen-bond donors (Lipinski definition) is 3. The van der Waals surface area contributed by atoms with Gasteiger partial charge in [-0.05, 0) is 43.2 Å². The van der Waals surface area contributed by atoms with Crippen LogP contribution in [-0.2, 0) is 11.3 Å². The first-order chi connectivity index (χ1) is 12.6. The predicted octanol–water partition coefficient (Wildman–Crippen LogP) is 2.61. The molecule has 0 bridgehead atoms. The maximum atomic E-state index is 13.2. The minimum Gasteiger partial charge on any atom is -0.357 e. The lowest BCUT2D eigenvalue weighted by molar-refractivity contribution is -0.116. The highest BCUT2D eigenvalue weighted by atomic mass is 19.1. The molecule has 1 amide bonds. The van der Waals surface area contributed by atoms with E-state index in [-0.39, 0.29) is 18.1 Å². The van der Waals surface area contributed by atoms with Crippen LogP contribution < -0.4 is 16.0 Å². The Morgan fingerprint density at radius 1 is 1.23 bits per heavy atom. The average Bonchev–Trinajstić information content (AvgIpc) is 2.62. The normalized spacial score (nSPS) is 11.1. The largest absolute Gasteiger partial charge is 0.357 e. The Morgan fingerprint density at radius 3 is 2.77 bits per heavy atom. The van der Waals surface area contributed by atoms with Gasteiger partial charge in [0, 0.05) is 25.7 Å². The van der Waals surface area contributed by atoms with Gasteiger partial charge in [0.25, 0.3) is 0 Å². The summed E-state index contributed by atoms with van der Waals surface area (Å²) in [5.74, 6) is 0.706. The molecule has 2 aromatic rings. The number of carbonyl (C=O) groups excluding carboxylic acids is 1. The second kappa shape index (κ2) is 10.1. The average molecular weight is 357 g/mol. The molecule has 1 heterocycles. The fourth-order valence-corrected chi connectivity index (χ4v) is 2.19. The quantitative estimate of drug-likeness (QED) is 0.526. The van der Waals surface area contributed by atoms with E-state index < -0.39 is 0 Å². The van der Waals surface area contributed by atoms with E-state index in [4.69, 9.17) is 0 Å². The second-order valence-corrected chi connectivity index (χ2v) is 5.77. The number of aryl methyl sites for hydroxylation is 1. The van der Waals surface area contributed by atoms with E-state index in [1.165, 1.54) is 12.1 Å². The highest BCUT2D eigenvalue weighted by Crippen LogP contribution is 2.05. The lowest BCUT2D eigenvalue weighted by Gasteiger charge is -2.11. The number of aromatic nitrogens is 1. The molecule has 1 aromatic heterocycles. The minimum atomic E-state index is -0.281. The van der Waals surface area contributed by atoms with Crippen LogP contribution in [-0.4, -0.2) is 29.9 Å². The van der Waals surface area contributed by atoms with Gasteiger partial charge in [-0.2, -0.15) is 0 Å². The molecule has 0 unspecified atom stereocenters. The van der Waals surface area contributed by atoms with E-state index in [9.17, 15) is 9.18 Å². The maximum Gasteiger partial charge on any atom is 0.227 e. The van der Waals surface area contributed by atoms with E-state index in [2.05, 4.69) is 25.9 Å². The number of aliphatic imine (C=N–C) groups is 1. The van der Waals surface area contributed by atoms with Crippen molar-refractivity contribution in [2.75, 3.05) is 18.4 Å². The van der Waals surface area contributed by atoms with Gasteiger partial charge in [-0.25, -0.2) is 14.4 Å². The van der Waals surface area contributed by atoms with Gasteiger partial charge in [0.05, 0.1) is 6.54 Å². The Hall–Kier alpha value is -2.96. The van der Waals surface area contributed by atoms with Gasteiger partial charge < -0.3 is 16.0 Å². The third-order valence-electron chi connectivity index (χ3n) is 3.48. The number of nitrogens with one attached hydrogen (secondary N) is 3. The lowest BCUT2D eigenvalue weighted by atomic mass is 10.2. The summed E-state index contributed by atoms with van der Waals surface area (Å²) in [6.45, 7) is 5.36. The molecule has 0 fully saturated rings. The molecule has 0 radical (unpaired) electrons. The van der Waals surface area contributed by atoms with E-state index in [0.717, 1.165) is 11.1 Å². The van der Waals surface area contributed by atoms with E-state index >= 15 is 0 Å². The van der Waals surface area contributed by atoms with Gasteiger partial charge in [-0.1, -0.05) is 18.2 Å². The minimum absolute atomic E-state index is 0.130.